The fourth-order valence-electron chi connectivity index (χ4n) is 6.28. The highest BCUT2D eigenvalue weighted by atomic mass is 79.9. The first kappa shape index (κ1) is 23.9. The quantitative estimate of drug-likeness (QED) is 0.166. The zero-order chi connectivity index (χ0) is 26.8. The van der Waals surface area contributed by atoms with Crippen LogP contribution in [0.3, 0.4) is 0 Å². The van der Waals surface area contributed by atoms with Crippen LogP contribution < -0.4 is 14.4 Å². The number of imide groups is 1. The van der Waals surface area contributed by atoms with E-state index in [4.69, 9.17) is 9.47 Å². The van der Waals surface area contributed by atoms with Gasteiger partial charge in [-0.15, -0.1) is 0 Å². The molecule has 192 valence electrons. The van der Waals surface area contributed by atoms with Gasteiger partial charge in [-0.1, -0.05) is 70.5 Å². The standard InChI is InChI=1S/C32H22BrNO5/c1-38-21-13-6-18(7-14-21)24-16-25-23-15-8-17-4-2-3-5-22(17)29(23)39-32(37)27(25)28-26(24)30(35)34(31(28)36)20-11-9-19(33)10-12-20/h2-16,24,26-28H,1H3/t24-,26-,27-,28+/m0/s1. The molecule has 2 heterocycles. The van der Waals surface area contributed by atoms with Gasteiger partial charge in [0.1, 0.15) is 11.5 Å². The minimum absolute atomic E-state index is 0.319. The number of rotatable bonds is 3. The van der Waals surface area contributed by atoms with Gasteiger partial charge in [0.05, 0.1) is 30.6 Å². The van der Waals surface area contributed by atoms with E-state index in [2.05, 4.69) is 15.9 Å². The minimum Gasteiger partial charge on any atom is -0.497 e. The first-order chi connectivity index (χ1) is 19.0. The zero-order valence-electron chi connectivity index (χ0n) is 20.8. The molecule has 1 saturated heterocycles. The summed E-state index contributed by atoms with van der Waals surface area (Å²) in [7, 11) is 1.60. The zero-order valence-corrected chi connectivity index (χ0v) is 22.4. The van der Waals surface area contributed by atoms with Crippen LogP contribution in [0.4, 0.5) is 5.69 Å². The van der Waals surface area contributed by atoms with Crippen LogP contribution >= 0.6 is 15.9 Å². The summed E-state index contributed by atoms with van der Waals surface area (Å²) >= 11 is 3.41. The van der Waals surface area contributed by atoms with E-state index in [0.29, 0.717) is 17.2 Å². The number of benzene rings is 4. The molecule has 1 fully saturated rings. The predicted molar refractivity (Wildman–Crippen MR) is 150 cm³/mol. The van der Waals surface area contributed by atoms with Gasteiger partial charge in [0, 0.05) is 21.3 Å². The van der Waals surface area contributed by atoms with Crippen molar-refractivity contribution in [3.8, 4) is 11.5 Å². The Morgan fingerprint density at radius 2 is 1.54 bits per heavy atom. The average Bonchev–Trinajstić information content (AvgIpc) is 3.23. The van der Waals surface area contributed by atoms with E-state index >= 15 is 0 Å². The van der Waals surface area contributed by atoms with Gasteiger partial charge in [-0.25, -0.2) is 4.90 Å². The van der Waals surface area contributed by atoms with Crippen molar-refractivity contribution in [3.63, 3.8) is 0 Å². The predicted octanol–water partition coefficient (Wildman–Crippen LogP) is 6.13. The average molecular weight is 580 g/mol. The number of ether oxygens (including phenoxy) is 2. The van der Waals surface area contributed by atoms with Crippen LogP contribution in [0.5, 0.6) is 11.5 Å². The molecule has 0 bridgehead atoms. The molecule has 2 amide bonds. The first-order valence-electron chi connectivity index (χ1n) is 12.7. The molecule has 2 aliphatic heterocycles. The molecule has 0 spiro atoms. The third-order valence-corrected chi connectivity index (χ3v) is 8.60. The van der Waals surface area contributed by atoms with Gasteiger partial charge in [-0.3, -0.25) is 14.4 Å². The van der Waals surface area contributed by atoms with Crippen molar-refractivity contribution in [2.45, 2.75) is 5.92 Å². The molecule has 3 aliphatic rings. The molecular weight excluding hydrogens is 558 g/mol. The van der Waals surface area contributed by atoms with E-state index < -0.39 is 29.6 Å². The van der Waals surface area contributed by atoms with Gasteiger partial charge in [-0.2, -0.15) is 0 Å². The summed E-state index contributed by atoms with van der Waals surface area (Å²) in [5.74, 6) is -2.97. The molecule has 0 unspecified atom stereocenters. The lowest BCUT2D eigenvalue weighted by atomic mass is 9.64. The first-order valence-corrected chi connectivity index (χ1v) is 13.5. The summed E-state index contributed by atoms with van der Waals surface area (Å²) in [5.41, 5.74) is 2.86. The number of amides is 2. The fraction of sp³-hybridized carbons (Fsp3) is 0.156. The second kappa shape index (κ2) is 8.92. The Morgan fingerprint density at radius 1 is 0.821 bits per heavy atom. The van der Waals surface area contributed by atoms with Crippen molar-refractivity contribution >= 4 is 55.7 Å². The van der Waals surface area contributed by atoms with Crippen molar-refractivity contribution < 1.29 is 23.9 Å². The molecule has 0 N–H and O–H groups in total. The molecule has 4 aromatic carbocycles. The molecular formula is C32H22BrNO5. The van der Waals surface area contributed by atoms with Crippen LogP contribution in [-0.4, -0.2) is 24.9 Å². The van der Waals surface area contributed by atoms with Crippen molar-refractivity contribution in [3.05, 3.63) is 107 Å². The van der Waals surface area contributed by atoms with Crippen molar-refractivity contribution in [1.29, 1.82) is 0 Å². The Balaban J connectivity index is 1.43. The molecule has 39 heavy (non-hydrogen) atoms. The van der Waals surface area contributed by atoms with Crippen LogP contribution in [-0.2, 0) is 14.4 Å². The SMILES string of the molecule is COc1ccc([C@@H]2C=C3c4ccc5ccccc5c4OC(=O)[C@@H]3[C@@H]3C(=O)N(c4ccc(Br)cc4)C(=O)[C@H]32)cc1. The number of carbonyl (C=O) groups excluding carboxylic acids is 3. The van der Waals surface area contributed by atoms with Crippen LogP contribution in [0.2, 0.25) is 0 Å². The second-order valence-electron chi connectivity index (χ2n) is 10.0. The Hall–Kier alpha value is -4.23. The second-order valence-corrected chi connectivity index (χ2v) is 10.9. The molecule has 4 atom stereocenters. The Morgan fingerprint density at radius 3 is 2.28 bits per heavy atom. The molecule has 0 aromatic heterocycles. The largest absolute Gasteiger partial charge is 0.497 e. The van der Waals surface area contributed by atoms with Crippen molar-refractivity contribution in [1.82, 2.24) is 0 Å². The summed E-state index contributed by atoms with van der Waals surface area (Å²) < 4.78 is 12.1. The van der Waals surface area contributed by atoms with Gasteiger partial charge in [0.2, 0.25) is 11.8 Å². The summed E-state index contributed by atoms with van der Waals surface area (Å²) in [5, 5.41) is 1.79. The summed E-state index contributed by atoms with van der Waals surface area (Å²) in [4.78, 5) is 43.0. The Labute approximate surface area is 233 Å². The molecule has 4 aromatic rings. The Bertz CT molecular complexity index is 1710. The lowest BCUT2D eigenvalue weighted by Crippen LogP contribution is -2.42. The van der Waals surface area contributed by atoms with E-state index in [1.54, 1.807) is 31.4 Å². The van der Waals surface area contributed by atoms with Gasteiger partial charge in [0.15, 0.2) is 0 Å². The number of anilines is 1. The highest BCUT2D eigenvalue weighted by Gasteiger charge is 2.60. The number of hydrogen-bond acceptors (Lipinski definition) is 5. The normalized spacial score (nSPS) is 23.6. The van der Waals surface area contributed by atoms with E-state index in [-0.39, 0.29) is 11.8 Å². The number of halogens is 1. The maximum atomic E-state index is 14.1. The number of nitrogens with zero attached hydrogens (tertiary/aromatic N) is 1. The lowest BCUT2D eigenvalue weighted by Gasteiger charge is -2.38. The third kappa shape index (κ3) is 3.57. The van der Waals surface area contributed by atoms with E-state index in [9.17, 15) is 14.4 Å². The van der Waals surface area contributed by atoms with Crippen LogP contribution in [0, 0.1) is 17.8 Å². The minimum atomic E-state index is -0.889. The number of allylic oxidation sites excluding steroid dienone is 1. The monoisotopic (exact) mass is 579 g/mol. The molecule has 7 rings (SSSR count). The number of carbonyl (C=O) groups is 3. The van der Waals surface area contributed by atoms with E-state index in [1.807, 2.05) is 66.7 Å². The summed E-state index contributed by atoms with van der Waals surface area (Å²) in [6.07, 6.45) is 2.00. The highest BCUT2D eigenvalue weighted by molar-refractivity contribution is 9.10. The van der Waals surface area contributed by atoms with Gasteiger partial charge >= 0.3 is 5.97 Å². The Kier molecular flexibility index (Phi) is 5.45. The van der Waals surface area contributed by atoms with Crippen LogP contribution in [0.25, 0.3) is 16.3 Å². The van der Waals surface area contributed by atoms with Crippen LogP contribution in [0.15, 0.2) is 95.5 Å². The van der Waals surface area contributed by atoms with E-state index in [0.717, 1.165) is 31.9 Å². The van der Waals surface area contributed by atoms with Crippen molar-refractivity contribution in [2.24, 2.45) is 17.8 Å². The maximum Gasteiger partial charge on any atom is 0.319 e. The van der Waals surface area contributed by atoms with Gasteiger partial charge in [0.25, 0.3) is 0 Å². The fourth-order valence-corrected chi connectivity index (χ4v) is 6.55. The smallest absolute Gasteiger partial charge is 0.319 e. The molecule has 7 heteroatoms. The topological polar surface area (TPSA) is 72.9 Å². The summed E-state index contributed by atoms with van der Waals surface area (Å²) in [6.45, 7) is 0. The molecule has 0 saturated carbocycles. The lowest BCUT2D eigenvalue weighted by molar-refractivity contribution is -0.142. The molecule has 0 radical (unpaired) electrons. The number of esters is 1. The number of methoxy groups -OCH3 is 1. The van der Waals surface area contributed by atoms with E-state index in [1.165, 1.54) is 4.90 Å². The van der Waals surface area contributed by atoms with Gasteiger partial charge < -0.3 is 9.47 Å². The van der Waals surface area contributed by atoms with Gasteiger partial charge in [-0.05, 0) is 52.9 Å². The third-order valence-electron chi connectivity index (χ3n) is 8.07. The molecule has 1 aliphatic carbocycles. The van der Waals surface area contributed by atoms with Crippen LogP contribution in [0.1, 0.15) is 17.0 Å². The maximum absolute atomic E-state index is 14.1. The summed E-state index contributed by atoms with van der Waals surface area (Å²) in [6, 6.07) is 26.2. The number of hydrogen-bond donors (Lipinski definition) is 0. The number of fused-ring (bicyclic) bond motifs is 7. The van der Waals surface area contributed by atoms with Crippen molar-refractivity contribution in [2.75, 3.05) is 12.0 Å². The highest BCUT2D eigenvalue weighted by Crippen LogP contribution is 2.55. The molecule has 6 nitrogen and oxygen atoms in total.